The van der Waals surface area contributed by atoms with Gasteiger partial charge in [0.1, 0.15) is 17.2 Å². The lowest BCUT2D eigenvalue weighted by molar-refractivity contribution is 0.174. The summed E-state index contributed by atoms with van der Waals surface area (Å²) in [6.07, 6.45) is 1.40. The van der Waals surface area contributed by atoms with E-state index < -0.39 is 0 Å². The quantitative estimate of drug-likeness (QED) is 0.479. The number of anilines is 3. The number of benzene rings is 2. The molecule has 0 amide bonds. The zero-order chi connectivity index (χ0) is 21.1. The summed E-state index contributed by atoms with van der Waals surface area (Å²) < 4.78 is 24.2. The fourth-order valence-electron chi connectivity index (χ4n) is 3.21. The van der Waals surface area contributed by atoms with Crippen LogP contribution in [-0.2, 0) is 0 Å². The number of hydrogen-bond donors (Lipinski definition) is 3. The summed E-state index contributed by atoms with van der Waals surface area (Å²) in [5, 5.41) is 14.9. The highest BCUT2D eigenvalue weighted by atomic mass is 19.1. The fraction of sp³-hybridized carbons (Fsp3) is 0.227. The zero-order valence-corrected chi connectivity index (χ0v) is 16.8. The van der Waals surface area contributed by atoms with Gasteiger partial charge in [0.25, 0.3) is 0 Å². The molecule has 0 radical (unpaired) electrons. The average Bonchev–Trinajstić information content (AvgIpc) is 3.22. The standard InChI is InChI=1S/C22H22FN5O2/c1-3-4-16(24)19-20(25-2)22(26-15-9-10-17-18(11-15)30-12-29-17)28-21(27-19)13-5-7-14(23)8-6-13/h5-11,24-25H,3-4,12H2,1-2H3,(H,26,27,28). The van der Waals surface area contributed by atoms with Gasteiger partial charge in [0.05, 0.1) is 5.71 Å². The molecule has 0 fully saturated rings. The lowest BCUT2D eigenvalue weighted by Crippen LogP contribution is -2.12. The summed E-state index contributed by atoms with van der Waals surface area (Å²) in [4.78, 5) is 9.28. The molecule has 1 aromatic heterocycles. The van der Waals surface area contributed by atoms with E-state index >= 15 is 0 Å². The first-order chi connectivity index (χ1) is 14.6. The maximum absolute atomic E-state index is 13.4. The first kappa shape index (κ1) is 19.6. The predicted octanol–water partition coefficient (Wildman–Crippen LogP) is 4.96. The molecule has 154 valence electrons. The molecule has 0 saturated carbocycles. The van der Waals surface area contributed by atoms with Gasteiger partial charge < -0.3 is 25.5 Å². The van der Waals surface area contributed by atoms with Crippen LogP contribution in [-0.4, -0.2) is 29.5 Å². The normalized spacial score (nSPS) is 12.0. The summed E-state index contributed by atoms with van der Waals surface area (Å²) in [5.74, 6) is 1.94. The van der Waals surface area contributed by atoms with Crippen LogP contribution < -0.4 is 20.1 Å². The van der Waals surface area contributed by atoms with Gasteiger partial charge in [-0.05, 0) is 42.8 Å². The monoisotopic (exact) mass is 407 g/mol. The van der Waals surface area contributed by atoms with Gasteiger partial charge in [-0.2, -0.15) is 0 Å². The van der Waals surface area contributed by atoms with E-state index in [1.807, 2.05) is 25.1 Å². The molecule has 1 aliphatic heterocycles. The summed E-state index contributed by atoms with van der Waals surface area (Å²) in [5.41, 5.74) is 2.96. The third-order valence-corrected chi connectivity index (χ3v) is 4.68. The van der Waals surface area contributed by atoms with Crippen LogP contribution in [0.4, 0.5) is 21.6 Å². The predicted molar refractivity (Wildman–Crippen MR) is 115 cm³/mol. The summed E-state index contributed by atoms with van der Waals surface area (Å²) in [6.45, 7) is 2.21. The van der Waals surface area contributed by atoms with Crippen molar-refractivity contribution < 1.29 is 13.9 Å². The van der Waals surface area contributed by atoms with Crippen molar-refractivity contribution in [3.63, 3.8) is 0 Å². The number of halogens is 1. The van der Waals surface area contributed by atoms with Gasteiger partial charge in [-0.3, -0.25) is 0 Å². The van der Waals surface area contributed by atoms with Gasteiger partial charge in [0, 0.05) is 24.4 Å². The fourth-order valence-corrected chi connectivity index (χ4v) is 3.21. The molecule has 0 atom stereocenters. The molecule has 30 heavy (non-hydrogen) atoms. The van der Waals surface area contributed by atoms with E-state index in [1.54, 1.807) is 19.2 Å². The van der Waals surface area contributed by atoms with Crippen LogP contribution >= 0.6 is 0 Å². The molecule has 3 N–H and O–H groups in total. The van der Waals surface area contributed by atoms with Gasteiger partial charge >= 0.3 is 0 Å². The molecule has 0 bridgehead atoms. The molecule has 8 heteroatoms. The van der Waals surface area contributed by atoms with Crippen molar-refractivity contribution in [1.29, 1.82) is 5.41 Å². The van der Waals surface area contributed by atoms with Gasteiger partial charge in [-0.15, -0.1) is 0 Å². The molecule has 0 unspecified atom stereocenters. The smallest absolute Gasteiger partial charge is 0.231 e. The van der Waals surface area contributed by atoms with Crippen LogP contribution in [0.2, 0.25) is 0 Å². The third kappa shape index (κ3) is 3.89. The van der Waals surface area contributed by atoms with Gasteiger partial charge in [0.2, 0.25) is 6.79 Å². The van der Waals surface area contributed by atoms with Crippen LogP contribution in [0.3, 0.4) is 0 Å². The lowest BCUT2D eigenvalue weighted by atomic mass is 10.1. The Morgan fingerprint density at radius 2 is 1.87 bits per heavy atom. The van der Waals surface area contributed by atoms with E-state index in [4.69, 9.17) is 14.9 Å². The van der Waals surface area contributed by atoms with Crippen LogP contribution in [0, 0.1) is 11.2 Å². The Hall–Kier alpha value is -3.68. The first-order valence-electron chi connectivity index (χ1n) is 9.69. The van der Waals surface area contributed by atoms with Crippen LogP contribution in [0.25, 0.3) is 11.4 Å². The topological polar surface area (TPSA) is 92.2 Å². The highest BCUT2D eigenvalue weighted by Gasteiger charge is 2.19. The molecule has 2 aromatic carbocycles. The van der Waals surface area contributed by atoms with Crippen molar-refractivity contribution in [2.24, 2.45) is 0 Å². The van der Waals surface area contributed by atoms with E-state index in [2.05, 4.69) is 20.6 Å². The number of hydrogen-bond acceptors (Lipinski definition) is 7. The van der Waals surface area contributed by atoms with E-state index in [1.165, 1.54) is 12.1 Å². The van der Waals surface area contributed by atoms with Crippen molar-refractivity contribution in [3.8, 4) is 22.9 Å². The van der Waals surface area contributed by atoms with Crippen molar-refractivity contribution in [2.75, 3.05) is 24.5 Å². The number of nitrogens with zero attached hydrogens (tertiary/aromatic N) is 2. The molecule has 0 aliphatic carbocycles. The maximum Gasteiger partial charge on any atom is 0.231 e. The second-order valence-electron chi connectivity index (χ2n) is 6.80. The van der Waals surface area contributed by atoms with Crippen molar-refractivity contribution >= 4 is 22.9 Å². The Kier molecular flexibility index (Phi) is 5.47. The zero-order valence-electron chi connectivity index (χ0n) is 16.8. The number of aromatic nitrogens is 2. The van der Waals surface area contributed by atoms with Crippen molar-refractivity contribution in [2.45, 2.75) is 19.8 Å². The van der Waals surface area contributed by atoms with Crippen molar-refractivity contribution in [3.05, 3.63) is 54.0 Å². The van der Waals surface area contributed by atoms with E-state index in [0.29, 0.717) is 52.2 Å². The average molecular weight is 407 g/mol. The molecule has 1 aliphatic rings. The molecule has 3 aromatic rings. The first-order valence-corrected chi connectivity index (χ1v) is 9.69. The molecular formula is C22H22FN5O2. The Morgan fingerprint density at radius 1 is 1.10 bits per heavy atom. The lowest BCUT2D eigenvalue weighted by Gasteiger charge is -2.17. The summed E-state index contributed by atoms with van der Waals surface area (Å²) in [7, 11) is 1.77. The van der Waals surface area contributed by atoms with Crippen molar-refractivity contribution in [1.82, 2.24) is 9.97 Å². The maximum atomic E-state index is 13.4. The SMILES string of the molecule is CCCC(=N)c1nc(-c2ccc(F)cc2)nc(Nc2ccc3c(c2)OCO3)c1NC. The molecule has 0 saturated heterocycles. The Labute approximate surface area is 173 Å². The second-order valence-corrected chi connectivity index (χ2v) is 6.80. The van der Waals surface area contributed by atoms with Crippen LogP contribution in [0.5, 0.6) is 11.5 Å². The Morgan fingerprint density at radius 3 is 2.60 bits per heavy atom. The summed E-state index contributed by atoms with van der Waals surface area (Å²) in [6, 6.07) is 11.5. The largest absolute Gasteiger partial charge is 0.454 e. The molecule has 0 spiro atoms. The van der Waals surface area contributed by atoms with Gasteiger partial charge in [-0.25, -0.2) is 14.4 Å². The highest BCUT2D eigenvalue weighted by molar-refractivity contribution is 6.04. The van der Waals surface area contributed by atoms with Crippen LogP contribution in [0.1, 0.15) is 25.5 Å². The highest BCUT2D eigenvalue weighted by Crippen LogP contribution is 2.36. The van der Waals surface area contributed by atoms with E-state index in [-0.39, 0.29) is 12.6 Å². The molecule has 7 nitrogen and oxygen atoms in total. The van der Waals surface area contributed by atoms with E-state index in [9.17, 15) is 4.39 Å². The van der Waals surface area contributed by atoms with E-state index in [0.717, 1.165) is 12.1 Å². The Bertz CT molecular complexity index is 1090. The third-order valence-electron chi connectivity index (χ3n) is 4.68. The number of fused-ring (bicyclic) bond motifs is 1. The van der Waals surface area contributed by atoms with Gasteiger partial charge in [0.15, 0.2) is 23.1 Å². The minimum Gasteiger partial charge on any atom is -0.454 e. The Balaban J connectivity index is 1.80. The molecular weight excluding hydrogens is 385 g/mol. The minimum absolute atomic E-state index is 0.196. The number of ether oxygens (including phenoxy) is 2. The molecule has 4 rings (SSSR count). The number of nitrogens with one attached hydrogen (secondary N) is 3. The van der Waals surface area contributed by atoms with Crippen LogP contribution in [0.15, 0.2) is 42.5 Å². The second kappa shape index (κ2) is 8.36. The minimum atomic E-state index is -0.330. The molecule has 2 heterocycles. The summed E-state index contributed by atoms with van der Waals surface area (Å²) >= 11 is 0. The van der Waals surface area contributed by atoms with Gasteiger partial charge in [-0.1, -0.05) is 13.3 Å². The number of rotatable bonds is 7.